The third-order valence-corrected chi connectivity index (χ3v) is 6.07. The van der Waals surface area contributed by atoms with E-state index in [0.717, 1.165) is 40.3 Å². The Hall–Kier alpha value is -2.47. The van der Waals surface area contributed by atoms with Gasteiger partial charge in [-0.2, -0.15) is 0 Å². The average molecular weight is 408 g/mol. The summed E-state index contributed by atoms with van der Waals surface area (Å²) >= 11 is 0. The van der Waals surface area contributed by atoms with Gasteiger partial charge in [0.25, 0.3) is 0 Å². The van der Waals surface area contributed by atoms with Crippen molar-refractivity contribution in [2.75, 3.05) is 13.2 Å². The molecule has 2 aromatic carbocycles. The normalized spacial score (nSPS) is 24.1. The van der Waals surface area contributed by atoms with Crippen LogP contribution < -0.4 is 0 Å². The van der Waals surface area contributed by atoms with Crippen LogP contribution in [-0.4, -0.2) is 31.1 Å². The van der Waals surface area contributed by atoms with Crippen LogP contribution in [0.5, 0.6) is 0 Å². The van der Waals surface area contributed by atoms with Crippen LogP contribution in [0.15, 0.2) is 60.2 Å². The van der Waals surface area contributed by atoms with E-state index in [-0.39, 0.29) is 12.1 Å². The van der Waals surface area contributed by atoms with Crippen LogP contribution in [0.4, 0.5) is 0 Å². The monoisotopic (exact) mass is 408 g/mol. The van der Waals surface area contributed by atoms with Crippen molar-refractivity contribution in [2.45, 2.75) is 51.4 Å². The molecule has 4 rings (SSSR count). The quantitative estimate of drug-likeness (QED) is 0.388. The number of fused-ring (bicyclic) bond motifs is 1. The second-order valence-corrected chi connectivity index (χ2v) is 7.89. The Morgan fingerprint density at radius 3 is 2.60 bits per heavy atom. The molecule has 0 N–H and O–H groups in total. The van der Waals surface area contributed by atoms with Crippen molar-refractivity contribution in [3.05, 3.63) is 65.8 Å². The van der Waals surface area contributed by atoms with Gasteiger partial charge in [-0.3, -0.25) is 0 Å². The van der Waals surface area contributed by atoms with Crippen molar-refractivity contribution in [3.63, 3.8) is 0 Å². The summed E-state index contributed by atoms with van der Waals surface area (Å²) in [6.45, 7) is 8.67. The molecular weight excluding hydrogens is 380 g/mol. The first-order valence-electron chi connectivity index (χ1n) is 10.5. The first kappa shape index (κ1) is 20.8. The SMILES string of the molecule is C=C(c1cccc2ccccc12)C1COC2(CCC(=C(C)C(=O)OCC)CC2)OO1. The van der Waals surface area contributed by atoms with E-state index in [1.165, 1.54) is 0 Å². The first-order chi connectivity index (χ1) is 14.5. The lowest BCUT2D eigenvalue weighted by molar-refractivity contribution is -0.482. The van der Waals surface area contributed by atoms with Crippen LogP contribution in [0, 0.1) is 0 Å². The molecular formula is C25H28O5. The largest absolute Gasteiger partial charge is 0.463 e. The summed E-state index contributed by atoms with van der Waals surface area (Å²) in [6, 6.07) is 14.4. The maximum absolute atomic E-state index is 12.0. The molecule has 2 aromatic rings. The van der Waals surface area contributed by atoms with Gasteiger partial charge in [0.05, 0.1) is 13.2 Å². The van der Waals surface area contributed by atoms with Gasteiger partial charge in [-0.1, -0.05) is 54.6 Å². The number of benzene rings is 2. The molecule has 0 aromatic heterocycles. The van der Waals surface area contributed by atoms with Crippen LogP contribution in [0.3, 0.4) is 0 Å². The fourth-order valence-electron chi connectivity index (χ4n) is 4.18. The minimum absolute atomic E-state index is 0.239. The molecule has 5 heteroatoms. The number of hydrogen-bond donors (Lipinski definition) is 0. The number of allylic oxidation sites excluding steroid dienone is 1. The van der Waals surface area contributed by atoms with E-state index in [0.29, 0.717) is 31.6 Å². The van der Waals surface area contributed by atoms with Gasteiger partial charge < -0.3 is 9.47 Å². The van der Waals surface area contributed by atoms with E-state index in [4.69, 9.17) is 19.2 Å². The van der Waals surface area contributed by atoms with Crippen LogP contribution in [-0.2, 0) is 24.0 Å². The summed E-state index contributed by atoms with van der Waals surface area (Å²) in [4.78, 5) is 23.6. The first-order valence-corrected chi connectivity index (χ1v) is 10.5. The Labute approximate surface area is 177 Å². The number of carbonyl (C=O) groups excluding carboxylic acids is 1. The Bertz CT molecular complexity index is 965. The van der Waals surface area contributed by atoms with Crippen molar-refractivity contribution in [1.29, 1.82) is 0 Å². The highest BCUT2D eigenvalue weighted by Crippen LogP contribution is 2.41. The van der Waals surface area contributed by atoms with E-state index in [1.807, 2.05) is 38.1 Å². The van der Waals surface area contributed by atoms with E-state index in [9.17, 15) is 4.79 Å². The molecule has 1 unspecified atom stereocenters. The van der Waals surface area contributed by atoms with E-state index >= 15 is 0 Å². The molecule has 0 amide bonds. The fraction of sp³-hybridized carbons (Fsp3) is 0.400. The van der Waals surface area contributed by atoms with Gasteiger partial charge in [0.15, 0.2) is 0 Å². The molecule has 5 nitrogen and oxygen atoms in total. The van der Waals surface area contributed by atoms with Crippen LogP contribution in [0.2, 0.25) is 0 Å². The average Bonchev–Trinajstić information content (AvgIpc) is 2.79. The van der Waals surface area contributed by atoms with Crippen molar-refractivity contribution in [2.24, 2.45) is 0 Å². The minimum atomic E-state index is -0.756. The maximum atomic E-state index is 12.0. The molecule has 1 saturated carbocycles. The van der Waals surface area contributed by atoms with Crippen molar-refractivity contribution >= 4 is 22.3 Å². The molecule has 1 spiro atoms. The Morgan fingerprint density at radius 1 is 1.17 bits per heavy atom. The van der Waals surface area contributed by atoms with E-state index < -0.39 is 5.79 Å². The fourth-order valence-corrected chi connectivity index (χ4v) is 4.18. The summed E-state index contributed by atoms with van der Waals surface area (Å²) in [5, 5.41) is 2.30. The zero-order chi connectivity index (χ0) is 21.1. The summed E-state index contributed by atoms with van der Waals surface area (Å²) in [5.41, 5.74) is 3.69. The number of carbonyl (C=O) groups is 1. The molecule has 2 aliphatic rings. The Kier molecular flexibility index (Phi) is 6.04. The van der Waals surface area contributed by atoms with Gasteiger partial charge in [0, 0.05) is 18.4 Å². The van der Waals surface area contributed by atoms with Crippen molar-refractivity contribution in [1.82, 2.24) is 0 Å². The Morgan fingerprint density at radius 2 is 1.90 bits per heavy atom. The number of ether oxygens (including phenoxy) is 2. The van der Waals surface area contributed by atoms with Crippen LogP contribution in [0.1, 0.15) is 45.1 Å². The molecule has 30 heavy (non-hydrogen) atoms. The Balaban J connectivity index is 1.40. The zero-order valence-corrected chi connectivity index (χ0v) is 17.6. The molecule has 2 fully saturated rings. The molecule has 0 radical (unpaired) electrons. The summed E-state index contributed by atoms with van der Waals surface area (Å²) in [7, 11) is 0. The number of esters is 1. The highest BCUT2D eigenvalue weighted by atomic mass is 17.2. The number of hydrogen-bond acceptors (Lipinski definition) is 5. The molecule has 1 atom stereocenters. The topological polar surface area (TPSA) is 54.0 Å². The molecule has 158 valence electrons. The molecule has 1 heterocycles. The van der Waals surface area contributed by atoms with Crippen LogP contribution in [0.25, 0.3) is 16.3 Å². The lowest BCUT2D eigenvalue weighted by Gasteiger charge is -2.42. The predicted octanol–water partition coefficient (Wildman–Crippen LogP) is 5.35. The van der Waals surface area contributed by atoms with Crippen molar-refractivity contribution < 1.29 is 24.0 Å². The molecule has 0 bridgehead atoms. The zero-order valence-electron chi connectivity index (χ0n) is 17.6. The number of rotatable bonds is 4. The van der Waals surface area contributed by atoms with Gasteiger partial charge in [-0.25, -0.2) is 14.6 Å². The predicted molar refractivity (Wildman–Crippen MR) is 115 cm³/mol. The second-order valence-electron chi connectivity index (χ2n) is 7.89. The van der Waals surface area contributed by atoms with Gasteiger partial charge in [-0.15, -0.1) is 0 Å². The molecule has 1 aliphatic heterocycles. The lowest BCUT2D eigenvalue weighted by atomic mass is 9.87. The van der Waals surface area contributed by atoms with Gasteiger partial charge in [0.2, 0.25) is 5.79 Å². The lowest BCUT2D eigenvalue weighted by Crippen LogP contribution is -2.46. The van der Waals surface area contributed by atoms with Crippen molar-refractivity contribution in [3.8, 4) is 0 Å². The standard InChI is InChI=1S/C25H28O5/c1-4-27-24(26)17(2)19-12-14-25(15-13-19)28-16-23(29-30-25)18(3)21-11-7-9-20-8-5-6-10-22(20)21/h5-11,23H,3-4,12-16H2,1-2H3. The smallest absolute Gasteiger partial charge is 0.333 e. The summed E-state index contributed by atoms with van der Waals surface area (Å²) in [5.74, 6) is -0.995. The maximum Gasteiger partial charge on any atom is 0.333 e. The third kappa shape index (κ3) is 4.06. The highest BCUT2D eigenvalue weighted by molar-refractivity contribution is 5.94. The highest BCUT2D eigenvalue weighted by Gasteiger charge is 2.42. The third-order valence-electron chi connectivity index (χ3n) is 6.07. The van der Waals surface area contributed by atoms with Gasteiger partial charge in [-0.05, 0) is 48.6 Å². The minimum Gasteiger partial charge on any atom is -0.463 e. The summed E-state index contributed by atoms with van der Waals surface area (Å²) in [6.07, 6.45) is 2.38. The van der Waals surface area contributed by atoms with E-state index in [1.54, 1.807) is 0 Å². The van der Waals surface area contributed by atoms with Gasteiger partial charge >= 0.3 is 5.97 Å². The molecule has 1 aliphatic carbocycles. The summed E-state index contributed by atoms with van der Waals surface area (Å²) < 4.78 is 11.3. The molecule has 1 saturated heterocycles. The van der Waals surface area contributed by atoms with Crippen LogP contribution >= 0.6 is 0 Å². The second kappa shape index (κ2) is 8.72. The van der Waals surface area contributed by atoms with Gasteiger partial charge in [0.1, 0.15) is 6.10 Å². The van der Waals surface area contributed by atoms with E-state index in [2.05, 4.69) is 24.8 Å².